The molecular formula is C17H22N4OS2. The van der Waals surface area contributed by atoms with Crippen molar-refractivity contribution in [2.24, 2.45) is 0 Å². The summed E-state index contributed by atoms with van der Waals surface area (Å²) in [6, 6.07) is 8.15. The number of amides is 1. The van der Waals surface area contributed by atoms with Gasteiger partial charge in [-0.05, 0) is 31.9 Å². The number of anilines is 2. The van der Waals surface area contributed by atoms with E-state index in [-0.39, 0.29) is 5.91 Å². The van der Waals surface area contributed by atoms with Crippen LogP contribution in [-0.2, 0) is 4.79 Å². The molecule has 1 aliphatic heterocycles. The fourth-order valence-corrected chi connectivity index (χ4v) is 4.29. The number of aromatic nitrogens is 2. The molecule has 1 aromatic heterocycles. The number of aryl methyl sites for hydroxylation is 1. The number of carbonyl (C=O) groups excluding carboxylic acids is 1. The molecule has 1 aromatic carbocycles. The number of benzene rings is 1. The average Bonchev–Trinajstić information content (AvgIpc) is 2.85. The standard InChI is InChI=1S/C17H22N4OS2/c1-13-6-8-14(9-7-13)18-16-19-20-17(24-16)23-12-15(22)21-10-4-2-3-5-11-21/h6-9H,2-5,10-12H2,1H3,(H,18,19). The molecule has 0 spiro atoms. The van der Waals surface area contributed by atoms with Gasteiger partial charge in [0.05, 0.1) is 5.75 Å². The van der Waals surface area contributed by atoms with Crippen molar-refractivity contribution in [3.05, 3.63) is 29.8 Å². The van der Waals surface area contributed by atoms with Gasteiger partial charge < -0.3 is 10.2 Å². The molecule has 3 rings (SSSR count). The molecule has 1 amide bonds. The minimum atomic E-state index is 0.213. The van der Waals surface area contributed by atoms with Gasteiger partial charge in [0, 0.05) is 18.8 Å². The highest BCUT2D eigenvalue weighted by molar-refractivity contribution is 8.01. The van der Waals surface area contributed by atoms with Crippen LogP contribution in [0.4, 0.5) is 10.8 Å². The molecule has 5 nitrogen and oxygen atoms in total. The average molecular weight is 363 g/mol. The molecule has 1 saturated heterocycles. The second kappa shape index (κ2) is 8.48. The van der Waals surface area contributed by atoms with Crippen molar-refractivity contribution >= 4 is 39.8 Å². The third-order valence-electron chi connectivity index (χ3n) is 3.99. The molecule has 2 heterocycles. The third-order valence-corrected chi connectivity index (χ3v) is 5.94. The minimum absolute atomic E-state index is 0.213. The summed E-state index contributed by atoms with van der Waals surface area (Å²) in [6.45, 7) is 3.86. The largest absolute Gasteiger partial charge is 0.342 e. The highest BCUT2D eigenvalue weighted by atomic mass is 32.2. The monoisotopic (exact) mass is 362 g/mol. The van der Waals surface area contributed by atoms with Gasteiger partial charge in [-0.25, -0.2) is 0 Å². The van der Waals surface area contributed by atoms with Crippen molar-refractivity contribution in [2.45, 2.75) is 36.9 Å². The lowest BCUT2D eigenvalue weighted by atomic mass is 10.2. The first-order chi connectivity index (χ1) is 11.7. The summed E-state index contributed by atoms with van der Waals surface area (Å²) in [5.41, 5.74) is 2.22. The predicted octanol–water partition coefficient (Wildman–Crippen LogP) is 4.08. The molecule has 0 saturated carbocycles. The Morgan fingerprint density at radius 3 is 2.58 bits per heavy atom. The van der Waals surface area contributed by atoms with Gasteiger partial charge in [-0.2, -0.15) is 0 Å². The van der Waals surface area contributed by atoms with Crippen LogP contribution in [0.5, 0.6) is 0 Å². The zero-order valence-electron chi connectivity index (χ0n) is 13.8. The smallest absolute Gasteiger partial charge is 0.233 e. The number of carbonyl (C=O) groups is 1. The number of thioether (sulfide) groups is 1. The van der Waals surface area contributed by atoms with Crippen LogP contribution in [0.25, 0.3) is 0 Å². The van der Waals surface area contributed by atoms with Crippen LogP contribution in [0.3, 0.4) is 0 Å². The van der Waals surface area contributed by atoms with Gasteiger partial charge in [0.1, 0.15) is 0 Å². The summed E-state index contributed by atoms with van der Waals surface area (Å²) in [4.78, 5) is 14.3. The van der Waals surface area contributed by atoms with Gasteiger partial charge >= 0.3 is 0 Å². The molecule has 128 valence electrons. The molecule has 0 atom stereocenters. The van der Waals surface area contributed by atoms with E-state index in [9.17, 15) is 4.79 Å². The second-order valence-corrected chi connectivity index (χ2v) is 8.15. The first-order valence-electron chi connectivity index (χ1n) is 8.28. The molecule has 0 unspecified atom stereocenters. The number of hydrogen-bond acceptors (Lipinski definition) is 6. The van der Waals surface area contributed by atoms with E-state index >= 15 is 0 Å². The van der Waals surface area contributed by atoms with Crippen LogP contribution >= 0.6 is 23.1 Å². The molecule has 0 bridgehead atoms. The summed E-state index contributed by atoms with van der Waals surface area (Å²) >= 11 is 2.96. The topological polar surface area (TPSA) is 58.1 Å². The zero-order chi connectivity index (χ0) is 16.8. The number of rotatable bonds is 5. The van der Waals surface area contributed by atoms with Crippen LogP contribution in [0.1, 0.15) is 31.2 Å². The number of nitrogens with one attached hydrogen (secondary N) is 1. The number of likely N-dealkylation sites (tertiary alicyclic amines) is 1. The van der Waals surface area contributed by atoms with Crippen LogP contribution in [0.15, 0.2) is 28.6 Å². The first kappa shape index (κ1) is 17.2. The van der Waals surface area contributed by atoms with Crippen molar-refractivity contribution in [2.75, 3.05) is 24.2 Å². The van der Waals surface area contributed by atoms with Crippen LogP contribution in [0.2, 0.25) is 0 Å². The zero-order valence-corrected chi connectivity index (χ0v) is 15.5. The van der Waals surface area contributed by atoms with Gasteiger partial charge in [0.25, 0.3) is 0 Å². The Balaban J connectivity index is 1.50. The van der Waals surface area contributed by atoms with Crippen molar-refractivity contribution in [1.82, 2.24) is 15.1 Å². The highest BCUT2D eigenvalue weighted by Gasteiger charge is 2.16. The third kappa shape index (κ3) is 4.95. The minimum Gasteiger partial charge on any atom is -0.342 e. The molecule has 24 heavy (non-hydrogen) atoms. The Bertz CT molecular complexity index is 663. The predicted molar refractivity (Wildman–Crippen MR) is 100 cm³/mol. The molecule has 0 aliphatic carbocycles. The lowest BCUT2D eigenvalue weighted by Gasteiger charge is -2.19. The normalized spacial score (nSPS) is 15.1. The second-order valence-electron chi connectivity index (χ2n) is 5.95. The number of hydrogen-bond donors (Lipinski definition) is 1. The molecule has 7 heteroatoms. The Morgan fingerprint density at radius 1 is 1.17 bits per heavy atom. The molecule has 2 aromatic rings. The van der Waals surface area contributed by atoms with Crippen molar-refractivity contribution < 1.29 is 4.79 Å². The Hall–Kier alpha value is -1.60. The van der Waals surface area contributed by atoms with Gasteiger partial charge in [-0.1, -0.05) is 53.6 Å². The Morgan fingerprint density at radius 2 is 1.88 bits per heavy atom. The lowest BCUT2D eigenvalue weighted by Crippen LogP contribution is -2.33. The van der Waals surface area contributed by atoms with Gasteiger partial charge in [-0.15, -0.1) is 10.2 Å². The van der Waals surface area contributed by atoms with E-state index in [1.807, 2.05) is 17.0 Å². The van der Waals surface area contributed by atoms with Gasteiger partial charge in [0.2, 0.25) is 11.0 Å². The maximum absolute atomic E-state index is 12.3. The van der Waals surface area contributed by atoms with E-state index in [4.69, 9.17) is 0 Å². The van der Waals surface area contributed by atoms with E-state index in [0.29, 0.717) is 5.75 Å². The van der Waals surface area contributed by atoms with Gasteiger partial charge in [-0.3, -0.25) is 4.79 Å². The molecule has 1 aliphatic rings. The summed E-state index contributed by atoms with van der Waals surface area (Å²) in [6.07, 6.45) is 4.72. The van der Waals surface area contributed by atoms with Crippen molar-refractivity contribution in [1.29, 1.82) is 0 Å². The Labute approximate surface area is 150 Å². The summed E-state index contributed by atoms with van der Waals surface area (Å²) in [7, 11) is 0. The van der Waals surface area contributed by atoms with Crippen LogP contribution < -0.4 is 5.32 Å². The van der Waals surface area contributed by atoms with E-state index in [2.05, 4.69) is 34.6 Å². The maximum atomic E-state index is 12.3. The fourth-order valence-electron chi connectivity index (χ4n) is 2.61. The van der Waals surface area contributed by atoms with Crippen molar-refractivity contribution in [3.8, 4) is 0 Å². The Kier molecular flexibility index (Phi) is 6.09. The maximum Gasteiger partial charge on any atom is 0.233 e. The summed E-state index contributed by atoms with van der Waals surface area (Å²) in [5, 5.41) is 12.3. The quantitative estimate of drug-likeness (QED) is 0.812. The van der Waals surface area contributed by atoms with Crippen molar-refractivity contribution in [3.63, 3.8) is 0 Å². The molecular weight excluding hydrogens is 340 g/mol. The lowest BCUT2D eigenvalue weighted by molar-refractivity contribution is -0.128. The van der Waals surface area contributed by atoms with Gasteiger partial charge in [0.15, 0.2) is 4.34 Å². The summed E-state index contributed by atoms with van der Waals surface area (Å²) < 4.78 is 0.827. The molecule has 1 N–H and O–H groups in total. The SMILES string of the molecule is Cc1ccc(Nc2nnc(SCC(=O)N3CCCCCC3)s2)cc1. The molecule has 1 fully saturated rings. The van der Waals surface area contributed by atoms with E-state index in [1.54, 1.807) is 0 Å². The van der Waals surface area contributed by atoms with Crippen LogP contribution in [0, 0.1) is 6.92 Å². The first-order valence-corrected chi connectivity index (χ1v) is 10.1. The van der Waals surface area contributed by atoms with E-state index in [0.717, 1.165) is 41.1 Å². The fraction of sp³-hybridized carbons (Fsp3) is 0.471. The van der Waals surface area contributed by atoms with Crippen LogP contribution in [-0.4, -0.2) is 39.8 Å². The number of nitrogens with zero attached hydrogens (tertiary/aromatic N) is 3. The summed E-state index contributed by atoms with van der Waals surface area (Å²) in [5.74, 6) is 0.657. The van der Waals surface area contributed by atoms with E-state index in [1.165, 1.54) is 41.5 Å². The highest BCUT2D eigenvalue weighted by Crippen LogP contribution is 2.28. The van der Waals surface area contributed by atoms with E-state index < -0.39 is 0 Å². The molecule has 0 radical (unpaired) electrons.